The van der Waals surface area contributed by atoms with Crippen LogP contribution in [0.5, 0.6) is 0 Å². The van der Waals surface area contributed by atoms with Crippen LogP contribution >= 0.6 is 0 Å². The highest BCUT2D eigenvalue weighted by Crippen LogP contribution is 2.30. The summed E-state index contributed by atoms with van der Waals surface area (Å²) in [5.41, 5.74) is 1.95. The molecule has 29 heavy (non-hydrogen) atoms. The van der Waals surface area contributed by atoms with Gasteiger partial charge >= 0.3 is 0 Å². The summed E-state index contributed by atoms with van der Waals surface area (Å²) >= 11 is 0. The van der Waals surface area contributed by atoms with E-state index >= 15 is 0 Å². The lowest BCUT2D eigenvalue weighted by atomic mass is 10.0. The maximum absolute atomic E-state index is 13.4. The summed E-state index contributed by atoms with van der Waals surface area (Å²) in [6, 6.07) is 19.2. The molecular weight excluding hydrogens is 364 g/mol. The van der Waals surface area contributed by atoms with E-state index in [0.717, 1.165) is 11.1 Å². The van der Waals surface area contributed by atoms with Gasteiger partial charge in [0.25, 0.3) is 5.91 Å². The van der Waals surface area contributed by atoms with Crippen LogP contribution in [0.4, 0.5) is 5.69 Å². The number of furan rings is 1. The lowest BCUT2D eigenvalue weighted by Gasteiger charge is -2.33. The van der Waals surface area contributed by atoms with E-state index in [1.165, 1.54) is 11.2 Å². The van der Waals surface area contributed by atoms with E-state index in [2.05, 4.69) is 5.32 Å². The van der Waals surface area contributed by atoms with E-state index in [4.69, 9.17) is 4.42 Å². The zero-order valence-electron chi connectivity index (χ0n) is 17.2. The van der Waals surface area contributed by atoms with Gasteiger partial charge in [-0.05, 0) is 57.5 Å². The summed E-state index contributed by atoms with van der Waals surface area (Å²) in [6.45, 7) is 7.72. The van der Waals surface area contributed by atoms with Gasteiger partial charge in [0.1, 0.15) is 6.04 Å². The number of hydrogen-bond donors (Lipinski definition) is 1. The van der Waals surface area contributed by atoms with Crippen molar-refractivity contribution in [3.05, 3.63) is 89.9 Å². The summed E-state index contributed by atoms with van der Waals surface area (Å²) in [5, 5.41) is 3.02. The summed E-state index contributed by atoms with van der Waals surface area (Å²) in [6.07, 6.45) is 1.45. The Hall–Kier alpha value is -3.34. The van der Waals surface area contributed by atoms with Crippen LogP contribution in [0.15, 0.2) is 77.4 Å². The van der Waals surface area contributed by atoms with Gasteiger partial charge in [-0.1, -0.05) is 48.0 Å². The second-order valence-electron chi connectivity index (χ2n) is 8.04. The predicted molar refractivity (Wildman–Crippen MR) is 114 cm³/mol. The van der Waals surface area contributed by atoms with Crippen molar-refractivity contribution < 1.29 is 14.0 Å². The summed E-state index contributed by atoms with van der Waals surface area (Å²) < 4.78 is 5.37. The van der Waals surface area contributed by atoms with Gasteiger partial charge in [0.05, 0.1) is 6.26 Å². The molecule has 150 valence electrons. The molecule has 2 amide bonds. The van der Waals surface area contributed by atoms with E-state index in [9.17, 15) is 9.59 Å². The fraction of sp³-hybridized carbons (Fsp3) is 0.250. The quantitative estimate of drug-likeness (QED) is 0.675. The molecule has 0 unspecified atom stereocenters. The maximum Gasteiger partial charge on any atom is 0.294 e. The van der Waals surface area contributed by atoms with Gasteiger partial charge in [-0.15, -0.1) is 0 Å². The van der Waals surface area contributed by atoms with Gasteiger partial charge in [-0.2, -0.15) is 0 Å². The Balaban J connectivity index is 2.15. The molecule has 0 fully saturated rings. The Labute approximate surface area is 171 Å². The van der Waals surface area contributed by atoms with E-state index in [0.29, 0.717) is 5.69 Å². The third-order valence-electron chi connectivity index (χ3n) is 4.38. The van der Waals surface area contributed by atoms with Crippen LogP contribution in [0.1, 0.15) is 48.5 Å². The molecule has 2 aromatic carbocycles. The topological polar surface area (TPSA) is 62.6 Å². The Bertz CT molecular complexity index is 956. The minimum atomic E-state index is -0.851. The first-order valence-corrected chi connectivity index (χ1v) is 9.57. The van der Waals surface area contributed by atoms with Crippen molar-refractivity contribution in [3.63, 3.8) is 0 Å². The van der Waals surface area contributed by atoms with Gasteiger partial charge in [-0.3, -0.25) is 14.5 Å². The molecule has 0 aliphatic heterocycles. The van der Waals surface area contributed by atoms with E-state index < -0.39 is 11.6 Å². The van der Waals surface area contributed by atoms with Gasteiger partial charge in [0.2, 0.25) is 5.91 Å². The predicted octanol–water partition coefficient (Wildman–Crippen LogP) is 4.89. The number of nitrogens with one attached hydrogen (secondary N) is 1. The van der Waals surface area contributed by atoms with Crippen LogP contribution in [0, 0.1) is 6.92 Å². The molecule has 0 radical (unpaired) electrons. The first-order chi connectivity index (χ1) is 13.8. The summed E-state index contributed by atoms with van der Waals surface area (Å²) in [7, 11) is 0. The normalized spacial score (nSPS) is 12.3. The monoisotopic (exact) mass is 390 g/mol. The number of amides is 2. The molecule has 0 bridgehead atoms. The molecule has 0 spiro atoms. The van der Waals surface area contributed by atoms with Crippen LogP contribution < -0.4 is 10.2 Å². The Morgan fingerprint density at radius 1 is 0.931 bits per heavy atom. The Morgan fingerprint density at radius 3 is 2.14 bits per heavy atom. The van der Waals surface area contributed by atoms with Crippen LogP contribution in [-0.4, -0.2) is 17.4 Å². The second-order valence-corrected chi connectivity index (χ2v) is 8.04. The van der Waals surface area contributed by atoms with Gasteiger partial charge < -0.3 is 9.73 Å². The highest BCUT2D eigenvalue weighted by Gasteiger charge is 2.35. The number of carbonyl (C=O) groups excluding carboxylic acids is 2. The summed E-state index contributed by atoms with van der Waals surface area (Å²) in [5.74, 6) is -0.462. The zero-order chi connectivity index (χ0) is 21.0. The molecule has 0 saturated heterocycles. The molecular formula is C24H26N2O3. The molecule has 3 rings (SSSR count). The molecule has 5 nitrogen and oxygen atoms in total. The molecule has 1 atom stereocenters. The van der Waals surface area contributed by atoms with Crippen LogP contribution in [0.3, 0.4) is 0 Å². The van der Waals surface area contributed by atoms with Crippen molar-refractivity contribution >= 4 is 17.5 Å². The standard InChI is InChI=1S/C24H26N2O3/c1-17-12-14-19(15-13-17)26(23(28)20-11-8-16-29-20)21(18-9-6-5-7-10-18)22(27)25-24(2,3)4/h5-16,21H,1-4H3,(H,25,27)/t21-/m1/s1. The van der Waals surface area contributed by atoms with Crippen molar-refractivity contribution in [2.75, 3.05) is 4.90 Å². The number of aryl methyl sites for hydroxylation is 1. The Morgan fingerprint density at radius 2 is 1.59 bits per heavy atom. The van der Waals surface area contributed by atoms with Crippen LogP contribution in [0.2, 0.25) is 0 Å². The third-order valence-corrected chi connectivity index (χ3v) is 4.38. The molecule has 1 heterocycles. The van der Waals surface area contributed by atoms with Crippen LogP contribution in [0.25, 0.3) is 0 Å². The smallest absolute Gasteiger partial charge is 0.294 e. The average Bonchev–Trinajstić information content (AvgIpc) is 3.20. The minimum absolute atomic E-state index is 0.176. The largest absolute Gasteiger partial charge is 0.459 e. The molecule has 0 aliphatic rings. The maximum atomic E-state index is 13.4. The molecule has 1 aromatic heterocycles. The third kappa shape index (κ3) is 4.93. The number of rotatable bonds is 5. The lowest BCUT2D eigenvalue weighted by molar-refractivity contribution is -0.123. The number of hydrogen-bond acceptors (Lipinski definition) is 3. The second kappa shape index (κ2) is 8.35. The molecule has 3 aromatic rings. The van der Waals surface area contributed by atoms with Crippen molar-refractivity contribution in [2.24, 2.45) is 0 Å². The average molecular weight is 390 g/mol. The van der Waals surface area contributed by atoms with Crippen molar-refractivity contribution in [1.82, 2.24) is 5.32 Å². The fourth-order valence-electron chi connectivity index (χ4n) is 3.10. The van der Waals surface area contributed by atoms with Crippen molar-refractivity contribution in [2.45, 2.75) is 39.3 Å². The van der Waals surface area contributed by atoms with Crippen LogP contribution in [-0.2, 0) is 4.79 Å². The van der Waals surface area contributed by atoms with Crippen molar-refractivity contribution in [1.29, 1.82) is 0 Å². The lowest BCUT2D eigenvalue weighted by Crippen LogP contribution is -2.49. The van der Waals surface area contributed by atoms with Crippen molar-refractivity contribution in [3.8, 4) is 0 Å². The fourth-order valence-corrected chi connectivity index (χ4v) is 3.10. The number of nitrogens with zero attached hydrogens (tertiary/aromatic N) is 1. The van der Waals surface area contributed by atoms with Gasteiger partial charge in [-0.25, -0.2) is 0 Å². The Kier molecular flexibility index (Phi) is 5.87. The van der Waals surface area contributed by atoms with E-state index in [-0.39, 0.29) is 17.6 Å². The highest BCUT2D eigenvalue weighted by atomic mass is 16.3. The van der Waals surface area contributed by atoms with Gasteiger partial charge in [0, 0.05) is 11.2 Å². The molecule has 5 heteroatoms. The minimum Gasteiger partial charge on any atom is -0.459 e. The SMILES string of the molecule is Cc1ccc(N(C(=O)c2ccco2)[C@@H](C(=O)NC(C)(C)C)c2ccccc2)cc1. The number of carbonyl (C=O) groups is 2. The summed E-state index contributed by atoms with van der Waals surface area (Å²) in [4.78, 5) is 28.3. The molecule has 0 aliphatic carbocycles. The zero-order valence-corrected chi connectivity index (χ0v) is 17.2. The molecule has 0 saturated carbocycles. The number of benzene rings is 2. The molecule has 1 N–H and O–H groups in total. The number of anilines is 1. The highest BCUT2D eigenvalue weighted by molar-refractivity contribution is 6.08. The van der Waals surface area contributed by atoms with E-state index in [1.54, 1.807) is 12.1 Å². The van der Waals surface area contributed by atoms with E-state index in [1.807, 2.05) is 82.3 Å². The van der Waals surface area contributed by atoms with Gasteiger partial charge in [0.15, 0.2) is 5.76 Å². The first-order valence-electron chi connectivity index (χ1n) is 9.57. The first kappa shape index (κ1) is 20.4.